The largest absolute Gasteiger partial charge is 0.371 e. The number of halogens is 1. The van der Waals surface area contributed by atoms with Gasteiger partial charge in [-0.3, -0.25) is 0 Å². The summed E-state index contributed by atoms with van der Waals surface area (Å²) in [6, 6.07) is 5.32. The van der Waals surface area contributed by atoms with Crippen molar-refractivity contribution in [2.45, 2.75) is 26.7 Å². The van der Waals surface area contributed by atoms with E-state index in [0.29, 0.717) is 18.4 Å². The van der Waals surface area contributed by atoms with E-state index >= 15 is 0 Å². The van der Waals surface area contributed by atoms with Crippen LogP contribution in [-0.2, 0) is 6.42 Å². The number of hydrogen-bond acceptors (Lipinski definition) is 2. The van der Waals surface area contributed by atoms with Gasteiger partial charge in [0, 0.05) is 18.8 Å². The molecular weight excluding hydrogens is 227 g/mol. The molecule has 1 heterocycles. The van der Waals surface area contributed by atoms with Gasteiger partial charge in [-0.05, 0) is 55.0 Å². The molecule has 1 aromatic rings. The van der Waals surface area contributed by atoms with E-state index in [1.807, 2.05) is 0 Å². The fourth-order valence-electron chi connectivity index (χ4n) is 3.00. The Morgan fingerprint density at radius 3 is 2.50 bits per heavy atom. The van der Waals surface area contributed by atoms with Crippen LogP contribution in [0.25, 0.3) is 0 Å². The maximum Gasteiger partial charge on any atom is 0.125 e. The van der Waals surface area contributed by atoms with E-state index in [-0.39, 0.29) is 5.82 Å². The molecule has 2 N–H and O–H groups in total. The van der Waals surface area contributed by atoms with Gasteiger partial charge in [-0.25, -0.2) is 4.39 Å². The number of benzene rings is 1. The third-order valence-corrected chi connectivity index (χ3v) is 3.61. The lowest BCUT2D eigenvalue weighted by Gasteiger charge is -2.36. The molecule has 0 bridgehead atoms. The summed E-state index contributed by atoms with van der Waals surface area (Å²) in [7, 11) is 0. The molecule has 18 heavy (non-hydrogen) atoms. The Labute approximate surface area is 109 Å². The Morgan fingerprint density at radius 1 is 1.22 bits per heavy atom. The number of nitrogens with zero attached hydrogens (tertiary/aromatic N) is 1. The van der Waals surface area contributed by atoms with Crippen molar-refractivity contribution in [1.82, 2.24) is 0 Å². The molecule has 0 amide bonds. The summed E-state index contributed by atoms with van der Waals surface area (Å²) in [6.07, 6.45) is 2.01. The predicted molar refractivity (Wildman–Crippen MR) is 74.3 cm³/mol. The molecule has 100 valence electrons. The molecule has 2 nitrogen and oxygen atoms in total. The number of rotatable bonds is 3. The average Bonchev–Trinajstić information content (AvgIpc) is 2.27. The zero-order valence-corrected chi connectivity index (χ0v) is 11.3. The predicted octanol–water partition coefficient (Wildman–Crippen LogP) is 2.81. The minimum absolute atomic E-state index is 0.151. The van der Waals surface area contributed by atoms with Gasteiger partial charge in [0.15, 0.2) is 0 Å². The molecule has 1 fully saturated rings. The zero-order valence-electron chi connectivity index (χ0n) is 11.3. The van der Waals surface area contributed by atoms with Gasteiger partial charge in [0.2, 0.25) is 0 Å². The van der Waals surface area contributed by atoms with Gasteiger partial charge in [0.1, 0.15) is 5.82 Å². The van der Waals surface area contributed by atoms with Crippen LogP contribution >= 0.6 is 0 Å². The maximum absolute atomic E-state index is 13.6. The number of nitrogens with two attached hydrogens (primary N) is 1. The Kier molecular flexibility index (Phi) is 4.23. The van der Waals surface area contributed by atoms with E-state index in [0.717, 1.165) is 30.8 Å². The fourth-order valence-corrected chi connectivity index (χ4v) is 3.00. The van der Waals surface area contributed by atoms with Gasteiger partial charge >= 0.3 is 0 Å². The second-order valence-electron chi connectivity index (χ2n) is 5.71. The van der Waals surface area contributed by atoms with Crippen molar-refractivity contribution in [1.29, 1.82) is 0 Å². The molecular formula is C15H23FN2. The normalized spacial score (nSPS) is 24.3. The van der Waals surface area contributed by atoms with Gasteiger partial charge < -0.3 is 10.6 Å². The topological polar surface area (TPSA) is 29.3 Å². The molecule has 0 aliphatic carbocycles. The molecule has 0 spiro atoms. The van der Waals surface area contributed by atoms with Crippen molar-refractivity contribution in [2.75, 3.05) is 24.5 Å². The van der Waals surface area contributed by atoms with Crippen LogP contribution in [-0.4, -0.2) is 19.6 Å². The summed E-state index contributed by atoms with van der Waals surface area (Å²) >= 11 is 0. The fraction of sp³-hybridized carbons (Fsp3) is 0.600. The lowest BCUT2D eigenvalue weighted by molar-refractivity contribution is 0.356. The molecule has 1 aromatic carbocycles. The van der Waals surface area contributed by atoms with Crippen LogP contribution in [0, 0.1) is 17.7 Å². The first-order chi connectivity index (χ1) is 8.58. The van der Waals surface area contributed by atoms with Crippen molar-refractivity contribution in [2.24, 2.45) is 17.6 Å². The summed E-state index contributed by atoms with van der Waals surface area (Å²) in [4.78, 5) is 2.31. The zero-order chi connectivity index (χ0) is 13.1. The maximum atomic E-state index is 13.6. The third-order valence-electron chi connectivity index (χ3n) is 3.61. The minimum atomic E-state index is -0.151. The second kappa shape index (κ2) is 5.70. The van der Waals surface area contributed by atoms with Gasteiger partial charge in [-0.15, -0.1) is 0 Å². The van der Waals surface area contributed by atoms with Crippen LogP contribution in [0.3, 0.4) is 0 Å². The van der Waals surface area contributed by atoms with Gasteiger partial charge in [-0.2, -0.15) is 0 Å². The average molecular weight is 250 g/mol. The van der Waals surface area contributed by atoms with Crippen LogP contribution in [0.5, 0.6) is 0 Å². The van der Waals surface area contributed by atoms with Gasteiger partial charge in [-0.1, -0.05) is 13.8 Å². The highest BCUT2D eigenvalue weighted by molar-refractivity contribution is 5.49. The summed E-state index contributed by atoms with van der Waals surface area (Å²) in [5, 5.41) is 0. The summed E-state index contributed by atoms with van der Waals surface area (Å²) in [6.45, 7) is 7.15. The number of anilines is 1. The molecule has 2 atom stereocenters. The molecule has 2 unspecified atom stereocenters. The first-order valence-corrected chi connectivity index (χ1v) is 6.83. The van der Waals surface area contributed by atoms with Crippen LogP contribution < -0.4 is 10.6 Å². The van der Waals surface area contributed by atoms with Crippen LogP contribution in [0.15, 0.2) is 18.2 Å². The Bertz CT molecular complexity index is 395. The minimum Gasteiger partial charge on any atom is -0.371 e. The monoisotopic (exact) mass is 250 g/mol. The Morgan fingerprint density at radius 2 is 1.89 bits per heavy atom. The highest BCUT2D eigenvalue weighted by Crippen LogP contribution is 2.27. The van der Waals surface area contributed by atoms with Crippen LogP contribution in [0.2, 0.25) is 0 Å². The van der Waals surface area contributed by atoms with Crippen molar-refractivity contribution in [3.05, 3.63) is 29.6 Å². The SMILES string of the molecule is CC1CC(C)CN(c2cc(F)cc(CCN)c2)C1. The summed E-state index contributed by atoms with van der Waals surface area (Å²) < 4.78 is 13.6. The molecule has 0 radical (unpaired) electrons. The van der Waals surface area contributed by atoms with E-state index in [1.54, 1.807) is 12.1 Å². The first-order valence-electron chi connectivity index (χ1n) is 6.83. The Hall–Kier alpha value is -1.09. The second-order valence-corrected chi connectivity index (χ2v) is 5.71. The molecule has 1 aliphatic rings. The highest BCUT2D eigenvalue weighted by atomic mass is 19.1. The standard InChI is InChI=1S/C15H23FN2/c1-11-5-12(2)10-18(9-11)15-7-13(3-4-17)6-14(16)8-15/h6-8,11-12H,3-5,9-10,17H2,1-2H3. The summed E-state index contributed by atoms with van der Waals surface area (Å²) in [5.41, 5.74) is 7.56. The van der Waals surface area contributed by atoms with E-state index < -0.39 is 0 Å². The molecule has 0 aromatic heterocycles. The van der Waals surface area contributed by atoms with Crippen molar-refractivity contribution < 1.29 is 4.39 Å². The van der Waals surface area contributed by atoms with Crippen molar-refractivity contribution >= 4 is 5.69 Å². The van der Waals surface area contributed by atoms with E-state index in [2.05, 4.69) is 24.8 Å². The molecule has 3 heteroatoms. The third kappa shape index (κ3) is 3.22. The summed E-state index contributed by atoms with van der Waals surface area (Å²) in [5.74, 6) is 1.20. The van der Waals surface area contributed by atoms with Crippen LogP contribution in [0.4, 0.5) is 10.1 Å². The molecule has 1 aliphatic heterocycles. The molecule has 2 rings (SSSR count). The van der Waals surface area contributed by atoms with Gasteiger partial charge in [0.25, 0.3) is 0 Å². The lowest BCUT2D eigenvalue weighted by Crippen LogP contribution is -2.38. The van der Waals surface area contributed by atoms with Gasteiger partial charge in [0.05, 0.1) is 0 Å². The van der Waals surface area contributed by atoms with Crippen LogP contribution in [0.1, 0.15) is 25.8 Å². The Balaban J connectivity index is 2.21. The smallest absolute Gasteiger partial charge is 0.125 e. The van der Waals surface area contributed by atoms with E-state index in [4.69, 9.17) is 5.73 Å². The van der Waals surface area contributed by atoms with E-state index in [1.165, 1.54) is 6.42 Å². The van der Waals surface area contributed by atoms with Crippen molar-refractivity contribution in [3.63, 3.8) is 0 Å². The first kappa shape index (κ1) is 13.3. The number of hydrogen-bond donors (Lipinski definition) is 1. The molecule has 0 saturated carbocycles. The highest BCUT2D eigenvalue weighted by Gasteiger charge is 2.22. The van der Waals surface area contributed by atoms with Crippen molar-refractivity contribution in [3.8, 4) is 0 Å². The molecule has 1 saturated heterocycles. The van der Waals surface area contributed by atoms with E-state index in [9.17, 15) is 4.39 Å². The lowest BCUT2D eigenvalue weighted by atomic mass is 9.91. The quantitative estimate of drug-likeness (QED) is 0.894. The number of piperidine rings is 1.